The quantitative estimate of drug-likeness (QED) is 0.888. The van der Waals surface area contributed by atoms with E-state index in [4.69, 9.17) is 10.5 Å². The van der Waals surface area contributed by atoms with Gasteiger partial charge in [0.2, 0.25) is 0 Å². The van der Waals surface area contributed by atoms with Crippen molar-refractivity contribution < 1.29 is 4.74 Å². The van der Waals surface area contributed by atoms with Gasteiger partial charge >= 0.3 is 0 Å². The predicted octanol–water partition coefficient (Wildman–Crippen LogP) is 4.29. The monoisotopic (exact) mass is 273 g/mol. The molecule has 3 rings (SSSR count). The second-order valence-corrected chi connectivity index (χ2v) is 6.82. The standard InChI is InChI=1S/C18H27NO/c1-14-8-9-17(20-13-15-6-5-7-15)16(12-14)18(19)10-3-2-4-11-18/h8-9,12,15H,2-7,10-11,13,19H2,1H3. The zero-order valence-electron chi connectivity index (χ0n) is 12.7. The van der Waals surface area contributed by atoms with Gasteiger partial charge < -0.3 is 10.5 Å². The summed E-state index contributed by atoms with van der Waals surface area (Å²) in [6.45, 7) is 3.01. The van der Waals surface area contributed by atoms with Crippen LogP contribution in [0.5, 0.6) is 5.75 Å². The van der Waals surface area contributed by atoms with Crippen molar-refractivity contribution in [1.82, 2.24) is 0 Å². The second-order valence-electron chi connectivity index (χ2n) is 6.82. The van der Waals surface area contributed by atoms with Gasteiger partial charge in [0.1, 0.15) is 5.75 Å². The SMILES string of the molecule is Cc1ccc(OCC2CCC2)c(C2(N)CCCCC2)c1. The summed E-state index contributed by atoms with van der Waals surface area (Å²) >= 11 is 0. The summed E-state index contributed by atoms with van der Waals surface area (Å²) in [6, 6.07) is 6.53. The highest BCUT2D eigenvalue weighted by Crippen LogP contribution is 2.40. The third-order valence-corrected chi connectivity index (χ3v) is 5.12. The molecule has 0 radical (unpaired) electrons. The van der Waals surface area contributed by atoms with Crippen LogP contribution in [0.2, 0.25) is 0 Å². The van der Waals surface area contributed by atoms with Crippen LogP contribution in [0.15, 0.2) is 18.2 Å². The smallest absolute Gasteiger partial charge is 0.124 e. The molecule has 2 aliphatic carbocycles. The summed E-state index contributed by atoms with van der Waals surface area (Å²) in [6.07, 6.45) is 10.0. The lowest BCUT2D eigenvalue weighted by Crippen LogP contribution is -2.39. The van der Waals surface area contributed by atoms with Gasteiger partial charge in [0.25, 0.3) is 0 Å². The van der Waals surface area contributed by atoms with Crippen molar-refractivity contribution >= 4 is 0 Å². The van der Waals surface area contributed by atoms with Crippen LogP contribution in [0.4, 0.5) is 0 Å². The van der Waals surface area contributed by atoms with Crippen molar-refractivity contribution in [2.75, 3.05) is 6.61 Å². The van der Waals surface area contributed by atoms with E-state index in [0.717, 1.165) is 31.1 Å². The second kappa shape index (κ2) is 5.77. The van der Waals surface area contributed by atoms with E-state index in [2.05, 4.69) is 25.1 Å². The van der Waals surface area contributed by atoms with Crippen LogP contribution in [-0.2, 0) is 5.54 Å². The fourth-order valence-corrected chi connectivity index (χ4v) is 3.48. The molecule has 2 nitrogen and oxygen atoms in total. The minimum Gasteiger partial charge on any atom is -0.493 e. The highest BCUT2D eigenvalue weighted by atomic mass is 16.5. The number of nitrogens with two attached hydrogens (primary N) is 1. The van der Waals surface area contributed by atoms with E-state index < -0.39 is 0 Å². The van der Waals surface area contributed by atoms with Crippen molar-refractivity contribution in [2.24, 2.45) is 11.7 Å². The third kappa shape index (κ3) is 2.85. The fraction of sp³-hybridized carbons (Fsp3) is 0.667. The van der Waals surface area contributed by atoms with E-state index >= 15 is 0 Å². The van der Waals surface area contributed by atoms with Gasteiger partial charge in [0, 0.05) is 11.1 Å². The van der Waals surface area contributed by atoms with Crippen molar-refractivity contribution in [3.8, 4) is 5.75 Å². The average Bonchev–Trinajstić information content (AvgIpc) is 2.39. The fourth-order valence-electron chi connectivity index (χ4n) is 3.48. The molecule has 20 heavy (non-hydrogen) atoms. The summed E-state index contributed by atoms with van der Waals surface area (Å²) < 4.78 is 6.13. The van der Waals surface area contributed by atoms with Crippen LogP contribution in [-0.4, -0.2) is 6.61 Å². The molecule has 0 atom stereocenters. The first-order valence-electron chi connectivity index (χ1n) is 8.20. The number of hydrogen-bond acceptors (Lipinski definition) is 2. The molecule has 0 saturated heterocycles. The van der Waals surface area contributed by atoms with E-state index in [9.17, 15) is 0 Å². The van der Waals surface area contributed by atoms with E-state index in [1.807, 2.05) is 0 Å². The Morgan fingerprint density at radius 3 is 2.55 bits per heavy atom. The van der Waals surface area contributed by atoms with E-state index in [0.29, 0.717) is 0 Å². The Bertz CT molecular complexity index is 458. The first-order valence-corrected chi connectivity index (χ1v) is 8.20. The highest BCUT2D eigenvalue weighted by molar-refractivity contribution is 5.42. The van der Waals surface area contributed by atoms with Gasteiger partial charge in [-0.1, -0.05) is 43.4 Å². The number of hydrogen-bond donors (Lipinski definition) is 1. The molecule has 0 bridgehead atoms. The number of rotatable bonds is 4. The average molecular weight is 273 g/mol. The number of ether oxygens (including phenoxy) is 1. The lowest BCUT2D eigenvalue weighted by Gasteiger charge is -2.36. The maximum absolute atomic E-state index is 6.72. The minimum atomic E-state index is -0.167. The summed E-state index contributed by atoms with van der Waals surface area (Å²) in [4.78, 5) is 0. The van der Waals surface area contributed by atoms with E-state index in [1.165, 1.54) is 49.7 Å². The van der Waals surface area contributed by atoms with Crippen LogP contribution in [0, 0.1) is 12.8 Å². The van der Waals surface area contributed by atoms with Gasteiger partial charge in [-0.2, -0.15) is 0 Å². The topological polar surface area (TPSA) is 35.2 Å². The van der Waals surface area contributed by atoms with E-state index in [-0.39, 0.29) is 5.54 Å². The molecule has 2 saturated carbocycles. The van der Waals surface area contributed by atoms with Crippen LogP contribution in [0.25, 0.3) is 0 Å². The largest absolute Gasteiger partial charge is 0.493 e. The van der Waals surface area contributed by atoms with Crippen molar-refractivity contribution in [3.05, 3.63) is 29.3 Å². The Balaban J connectivity index is 1.81. The Kier molecular flexibility index (Phi) is 4.02. The van der Waals surface area contributed by atoms with Crippen LogP contribution in [0.3, 0.4) is 0 Å². The van der Waals surface area contributed by atoms with Crippen molar-refractivity contribution in [3.63, 3.8) is 0 Å². The molecule has 0 aliphatic heterocycles. The maximum Gasteiger partial charge on any atom is 0.124 e. The summed E-state index contributed by atoms with van der Waals surface area (Å²) in [5.74, 6) is 1.80. The highest BCUT2D eigenvalue weighted by Gasteiger charge is 2.32. The van der Waals surface area contributed by atoms with Crippen LogP contribution < -0.4 is 10.5 Å². The lowest BCUT2D eigenvalue weighted by molar-refractivity contribution is 0.175. The maximum atomic E-state index is 6.72. The molecule has 1 aromatic carbocycles. The molecule has 0 heterocycles. The minimum absolute atomic E-state index is 0.167. The Hall–Kier alpha value is -1.02. The summed E-state index contributed by atoms with van der Waals surface area (Å²) in [5, 5.41) is 0. The lowest BCUT2D eigenvalue weighted by atomic mass is 9.76. The van der Waals surface area contributed by atoms with E-state index in [1.54, 1.807) is 0 Å². The molecular formula is C18H27NO. The molecule has 2 heteroatoms. The zero-order chi connectivity index (χ0) is 14.0. The molecule has 0 aromatic heterocycles. The third-order valence-electron chi connectivity index (χ3n) is 5.12. The molecule has 0 spiro atoms. The van der Waals surface area contributed by atoms with Crippen LogP contribution in [0.1, 0.15) is 62.5 Å². The van der Waals surface area contributed by atoms with Gasteiger partial charge in [0.05, 0.1) is 6.61 Å². The Labute approximate surface area is 122 Å². The van der Waals surface area contributed by atoms with Crippen LogP contribution >= 0.6 is 0 Å². The van der Waals surface area contributed by atoms with Gasteiger partial charge in [-0.3, -0.25) is 0 Å². The molecule has 1 aromatic rings. The van der Waals surface area contributed by atoms with Gasteiger partial charge in [0.15, 0.2) is 0 Å². The molecule has 2 aliphatic rings. The van der Waals surface area contributed by atoms with Gasteiger partial charge in [-0.05, 0) is 44.6 Å². The first-order chi connectivity index (χ1) is 9.67. The van der Waals surface area contributed by atoms with Gasteiger partial charge in [-0.15, -0.1) is 0 Å². The summed E-state index contributed by atoms with van der Waals surface area (Å²) in [7, 11) is 0. The number of benzene rings is 1. The zero-order valence-corrected chi connectivity index (χ0v) is 12.7. The molecule has 2 N–H and O–H groups in total. The molecular weight excluding hydrogens is 246 g/mol. The molecule has 0 amide bonds. The normalized spacial score (nSPS) is 22.3. The van der Waals surface area contributed by atoms with Crippen molar-refractivity contribution in [1.29, 1.82) is 0 Å². The molecule has 110 valence electrons. The molecule has 2 fully saturated rings. The molecule has 0 unspecified atom stereocenters. The van der Waals surface area contributed by atoms with Gasteiger partial charge in [-0.25, -0.2) is 0 Å². The first kappa shape index (κ1) is 13.9. The number of aryl methyl sites for hydroxylation is 1. The predicted molar refractivity (Wildman–Crippen MR) is 83.0 cm³/mol. The summed E-state index contributed by atoms with van der Waals surface area (Å²) in [5.41, 5.74) is 9.09. The Morgan fingerprint density at radius 1 is 1.15 bits per heavy atom. The Morgan fingerprint density at radius 2 is 1.90 bits per heavy atom. The van der Waals surface area contributed by atoms with Crippen molar-refractivity contribution in [2.45, 2.75) is 63.8 Å².